The predicted octanol–water partition coefficient (Wildman–Crippen LogP) is 5.33. The van der Waals surface area contributed by atoms with Gasteiger partial charge in [0.25, 0.3) is 0 Å². The number of furan rings is 1. The van der Waals surface area contributed by atoms with E-state index in [1.165, 1.54) is 0 Å². The number of amides is 1. The average Bonchev–Trinajstić information content (AvgIpc) is 3.52. The van der Waals surface area contributed by atoms with Crippen molar-refractivity contribution in [2.45, 2.75) is 31.8 Å². The summed E-state index contributed by atoms with van der Waals surface area (Å²) >= 11 is 0. The maximum absolute atomic E-state index is 13.3. The number of fused-ring (bicyclic) bond motifs is 3. The Bertz CT molecular complexity index is 1170. The second-order valence-electron chi connectivity index (χ2n) is 7.70. The quantitative estimate of drug-likeness (QED) is 0.451. The van der Waals surface area contributed by atoms with E-state index in [4.69, 9.17) is 9.15 Å². The predicted molar refractivity (Wildman–Crippen MR) is 114 cm³/mol. The van der Waals surface area contributed by atoms with Crippen molar-refractivity contribution < 1.29 is 13.9 Å². The highest BCUT2D eigenvalue weighted by atomic mass is 16.5. The van der Waals surface area contributed by atoms with Crippen LogP contribution in [0, 0.1) is 0 Å². The lowest BCUT2D eigenvalue weighted by molar-refractivity contribution is -0.131. The Hall–Kier alpha value is -3.27. The topological polar surface area (TPSA) is 42.7 Å². The van der Waals surface area contributed by atoms with Crippen molar-refractivity contribution in [1.82, 2.24) is 4.90 Å². The summed E-state index contributed by atoms with van der Waals surface area (Å²) in [7, 11) is 1.66. The maximum atomic E-state index is 13.3. The molecule has 3 aromatic carbocycles. The van der Waals surface area contributed by atoms with Crippen LogP contribution in [-0.4, -0.2) is 24.0 Å². The second-order valence-corrected chi connectivity index (χ2v) is 7.70. The molecular formula is C25H23NO3. The Morgan fingerprint density at radius 2 is 1.86 bits per heavy atom. The van der Waals surface area contributed by atoms with E-state index in [1.54, 1.807) is 13.4 Å². The van der Waals surface area contributed by atoms with Gasteiger partial charge in [0.1, 0.15) is 11.3 Å². The van der Waals surface area contributed by atoms with E-state index >= 15 is 0 Å². The van der Waals surface area contributed by atoms with Gasteiger partial charge in [-0.3, -0.25) is 4.79 Å². The van der Waals surface area contributed by atoms with Crippen LogP contribution in [0.2, 0.25) is 0 Å². The van der Waals surface area contributed by atoms with E-state index in [0.717, 1.165) is 51.5 Å². The lowest BCUT2D eigenvalue weighted by Gasteiger charge is -2.22. The SMILES string of the molecule is COc1ccc(CN(C(=O)Cc2coc3ccc4ccccc4c23)C2CC2)cc1. The van der Waals surface area contributed by atoms with Crippen LogP contribution in [0.1, 0.15) is 24.0 Å². The normalized spacial score (nSPS) is 13.7. The highest BCUT2D eigenvalue weighted by molar-refractivity contribution is 6.08. The molecule has 1 amide bonds. The zero-order valence-electron chi connectivity index (χ0n) is 16.4. The molecule has 146 valence electrons. The van der Waals surface area contributed by atoms with E-state index in [9.17, 15) is 4.79 Å². The molecule has 0 aliphatic heterocycles. The Balaban J connectivity index is 1.42. The lowest BCUT2D eigenvalue weighted by atomic mass is 10.0. The molecule has 1 heterocycles. The van der Waals surface area contributed by atoms with Crippen molar-refractivity contribution in [3.05, 3.63) is 78.1 Å². The van der Waals surface area contributed by atoms with Crippen LogP contribution in [0.15, 0.2) is 71.3 Å². The van der Waals surface area contributed by atoms with Crippen molar-refractivity contribution in [2.24, 2.45) is 0 Å². The van der Waals surface area contributed by atoms with Crippen molar-refractivity contribution in [3.63, 3.8) is 0 Å². The molecule has 4 nitrogen and oxygen atoms in total. The van der Waals surface area contributed by atoms with Gasteiger partial charge in [0.2, 0.25) is 5.91 Å². The van der Waals surface area contributed by atoms with Crippen LogP contribution in [0.3, 0.4) is 0 Å². The Labute approximate surface area is 169 Å². The highest BCUT2D eigenvalue weighted by Gasteiger charge is 2.32. The summed E-state index contributed by atoms with van der Waals surface area (Å²) in [5, 5.41) is 3.35. The summed E-state index contributed by atoms with van der Waals surface area (Å²) in [5.41, 5.74) is 2.91. The summed E-state index contributed by atoms with van der Waals surface area (Å²) < 4.78 is 11.0. The van der Waals surface area contributed by atoms with Crippen LogP contribution in [0.5, 0.6) is 5.75 Å². The first-order valence-corrected chi connectivity index (χ1v) is 10.0. The van der Waals surface area contributed by atoms with E-state index in [1.807, 2.05) is 47.4 Å². The first kappa shape index (κ1) is 17.8. The van der Waals surface area contributed by atoms with Gasteiger partial charge in [0, 0.05) is 23.5 Å². The number of hydrogen-bond acceptors (Lipinski definition) is 3. The van der Waals surface area contributed by atoms with Gasteiger partial charge in [0.15, 0.2) is 0 Å². The molecule has 0 bridgehead atoms. The number of nitrogens with zero attached hydrogens (tertiary/aromatic N) is 1. The summed E-state index contributed by atoms with van der Waals surface area (Å²) in [6, 6.07) is 20.6. The molecule has 1 aromatic heterocycles. The van der Waals surface area contributed by atoms with E-state index in [0.29, 0.717) is 19.0 Å². The van der Waals surface area contributed by atoms with Crippen LogP contribution in [0.4, 0.5) is 0 Å². The van der Waals surface area contributed by atoms with E-state index < -0.39 is 0 Å². The van der Waals surface area contributed by atoms with Crippen LogP contribution < -0.4 is 4.74 Å². The maximum Gasteiger partial charge on any atom is 0.227 e. The molecule has 29 heavy (non-hydrogen) atoms. The zero-order valence-corrected chi connectivity index (χ0v) is 16.4. The molecule has 1 saturated carbocycles. The molecule has 0 radical (unpaired) electrons. The molecular weight excluding hydrogens is 362 g/mol. The fourth-order valence-corrected chi connectivity index (χ4v) is 4.00. The average molecular weight is 385 g/mol. The highest BCUT2D eigenvalue weighted by Crippen LogP contribution is 2.33. The van der Waals surface area contributed by atoms with Crippen LogP contribution in [0.25, 0.3) is 21.7 Å². The molecule has 0 unspecified atom stereocenters. The van der Waals surface area contributed by atoms with Gasteiger partial charge < -0.3 is 14.1 Å². The fourth-order valence-electron chi connectivity index (χ4n) is 4.00. The largest absolute Gasteiger partial charge is 0.497 e. The standard InChI is InChI=1S/C25H23NO3/c1-28-21-11-6-17(7-12-21)15-26(20-9-10-20)24(27)14-19-16-29-23-13-8-18-4-2-3-5-22(18)25(19)23/h2-8,11-13,16,20H,9-10,14-15H2,1H3. The Kier molecular flexibility index (Phi) is 4.47. The van der Waals surface area contributed by atoms with Gasteiger partial charge >= 0.3 is 0 Å². The first-order chi connectivity index (χ1) is 14.2. The Morgan fingerprint density at radius 3 is 2.62 bits per heavy atom. The minimum atomic E-state index is 0.152. The van der Waals surface area contributed by atoms with E-state index in [2.05, 4.69) is 18.2 Å². The molecule has 4 heteroatoms. The van der Waals surface area contributed by atoms with Gasteiger partial charge in [0.05, 0.1) is 19.8 Å². The second kappa shape index (κ2) is 7.28. The van der Waals surface area contributed by atoms with Crippen molar-refractivity contribution in [2.75, 3.05) is 7.11 Å². The summed E-state index contributed by atoms with van der Waals surface area (Å²) in [4.78, 5) is 15.3. The molecule has 1 aliphatic rings. The number of ether oxygens (including phenoxy) is 1. The smallest absolute Gasteiger partial charge is 0.227 e. The number of methoxy groups -OCH3 is 1. The Morgan fingerprint density at radius 1 is 1.07 bits per heavy atom. The summed E-state index contributed by atoms with van der Waals surface area (Å²) in [6.45, 7) is 0.629. The van der Waals surface area contributed by atoms with Crippen LogP contribution >= 0.6 is 0 Å². The molecule has 0 saturated heterocycles. The van der Waals surface area contributed by atoms with Crippen LogP contribution in [-0.2, 0) is 17.8 Å². The number of carbonyl (C=O) groups is 1. The van der Waals surface area contributed by atoms with Gasteiger partial charge in [-0.25, -0.2) is 0 Å². The molecule has 1 fully saturated rings. The molecule has 0 spiro atoms. The molecule has 0 N–H and O–H groups in total. The summed E-state index contributed by atoms with van der Waals surface area (Å²) in [6.07, 6.45) is 4.26. The van der Waals surface area contributed by atoms with Crippen molar-refractivity contribution in [3.8, 4) is 5.75 Å². The minimum Gasteiger partial charge on any atom is -0.497 e. The number of benzene rings is 3. The first-order valence-electron chi connectivity index (χ1n) is 10.0. The number of carbonyl (C=O) groups excluding carboxylic acids is 1. The molecule has 1 aliphatic carbocycles. The number of rotatable bonds is 6. The third-order valence-electron chi connectivity index (χ3n) is 5.70. The van der Waals surface area contributed by atoms with Gasteiger partial charge in [-0.2, -0.15) is 0 Å². The summed E-state index contributed by atoms with van der Waals surface area (Å²) in [5.74, 6) is 0.980. The van der Waals surface area contributed by atoms with E-state index in [-0.39, 0.29) is 5.91 Å². The molecule has 0 atom stereocenters. The number of hydrogen-bond donors (Lipinski definition) is 0. The van der Waals surface area contributed by atoms with Gasteiger partial charge in [-0.05, 0) is 47.4 Å². The van der Waals surface area contributed by atoms with Crippen molar-refractivity contribution >= 4 is 27.6 Å². The van der Waals surface area contributed by atoms with Gasteiger partial charge in [-0.1, -0.05) is 42.5 Å². The minimum absolute atomic E-state index is 0.152. The lowest BCUT2D eigenvalue weighted by Crippen LogP contribution is -2.33. The monoisotopic (exact) mass is 385 g/mol. The third-order valence-corrected chi connectivity index (χ3v) is 5.70. The van der Waals surface area contributed by atoms with Crippen molar-refractivity contribution in [1.29, 1.82) is 0 Å². The fraction of sp³-hybridized carbons (Fsp3) is 0.240. The van der Waals surface area contributed by atoms with Gasteiger partial charge in [-0.15, -0.1) is 0 Å². The molecule has 5 rings (SSSR count). The molecule has 4 aromatic rings. The zero-order chi connectivity index (χ0) is 19.8. The third kappa shape index (κ3) is 3.46.